The molecule has 0 unspecified atom stereocenters. The van der Waals surface area contributed by atoms with Crippen LogP contribution in [0.15, 0.2) is 59.5 Å². The summed E-state index contributed by atoms with van der Waals surface area (Å²) in [5.74, 6) is -0.461. The van der Waals surface area contributed by atoms with Crippen LogP contribution in [-0.2, 0) is 14.6 Å². The minimum Gasteiger partial charge on any atom is -0.323 e. The van der Waals surface area contributed by atoms with Crippen molar-refractivity contribution >= 4 is 21.4 Å². The summed E-state index contributed by atoms with van der Waals surface area (Å²) < 4.78 is 23.4. The van der Waals surface area contributed by atoms with Gasteiger partial charge >= 0.3 is 0 Å². The summed E-state index contributed by atoms with van der Waals surface area (Å²) >= 11 is 0. The molecule has 0 aromatic heterocycles. The number of rotatable bonds is 4. The van der Waals surface area contributed by atoms with E-state index in [1.54, 1.807) is 36.4 Å². The number of hydrogen-bond acceptors (Lipinski definition) is 4. The number of benzene rings is 2. The molecule has 0 radical (unpaired) electrons. The van der Waals surface area contributed by atoms with E-state index in [2.05, 4.69) is 5.32 Å². The van der Waals surface area contributed by atoms with Crippen LogP contribution in [0.2, 0.25) is 0 Å². The average molecular weight is 304 g/mol. The summed E-state index contributed by atoms with van der Waals surface area (Å²) in [4.78, 5) is 12.2. The molecule has 0 aliphatic rings. The van der Waals surface area contributed by atoms with Gasteiger partial charge in [0.05, 0.1) is 10.6 Å². The molecule has 3 N–H and O–H groups in total. The van der Waals surface area contributed by atoms with Crippen molar-refractivity contribution in [3.05, 3.63) is 60.2 Å². The minimum absolute atomic E-state index is 0.0682. The number of anilines is 1. The molecule has 0 saturated heterocycles. The van der Waals surface area contributed by atoms with Gasteiger partial charge in [0.15, 0.2) is 9.84 Å². The summed E-state index contributed by atoms with van der Waals surface area (Å²) in [7, 11) is -3.42. The topological polar surface area (TPSA) is 89.3 Å². The lowest BCUT2D eigenvalue weighted by molar-refractivity contribution is -0.117. The Hall–Kier alpha value is -2.18. The second kappa shape index (κ2) is 6.07. The Balaban J connectivity index is 2.25. The highest BCUT2D eigenvalue weighted by Crippen LogP contribution is 2.22. The Kier molecular flexibility index (Phi) is 4.40. The molecule has 6 heteroatoms. The molecular weight excluding hydrogens is 288 g/mol. The smallest absolute Gasteiger partial charge is 0.245 e. The van der Waals surface area contributed by atoms with Gasteiger partial charge in [-0.25, -0.2) is 8.42 Å². The van der Waals surface area contributed by atoms with Crippen molar-refractivity contribution in [1.29, 1.82) is 0 Å². The van der Waals surface area contributed by atoms with Crippen LogP contribution in [0.1, 0.15) is 11.6 Å². The summed E-state index contributed by atoms with van der Waals surface area (Å²) in [6, 6.07) is 14.2. The van der Waals surface area contributed by atoms with Gasteiger partial charge in [0.2, 0.25) is 5.91 Å². The van der Waals surface area contributed by atoms with Crippen LogP contribution in [0.5, 0.6) is 0 Å². The lowest BCUT2D eigenvalue weighted by Gasteiger charge is -2.14. The number of amides is 1. The number of carbonyl (C=O) groups excluding carboxylic acids is 1. The van der Waals surface area contributed by atoms with Gasteiger partial charge in [0.25, 0.3) is 0 Å². The molecule has 1 atom stereocenters. The first kappa shape index (κ1) is 15.2. The highest BCUT2D eigenvalue weighted by Gasteiger charge is 2.19. The Morgan fingerprint density at radius 1 is 1.05 bits per heavy atom. The van der Waals surface area contributed by atoms with Gasteiger partial charge in [0.1, 0.15) is 6.04 Å². The molecule has 21 heavy (non-hydrogen) atoms. The van der Waals surface area contributed by atoms with Crippen LogP contribution in [0, 0.1) is 0 Å². The summed E-state index contributed by atoms with van der Waals surface area (Å²) in [5.41, 5.74) is 6.78. The highest BCUT2D eigenvalue weighted by molar-refractivity contribution is 7.90. The van der Waals surface area contributed by atoms with E-state index in [9.17, 15) is 13.2 Å². The maximum atomic E-state index is 12.2. The van der Waals surface area contributed by atoms with Crippen molar-refractivity contribution < 1.29 is 13.2 Å². The van der Waals surface area contributed by atoms with Crippen molar-refractivity contribution in [3.8, 4) is 0 Å². The van der Waals surface area contributed by atoms with E-state index in [1.165, 1.54) is 12.1 Å². The van der Waals surface area contributed by atoms with E-state index < -0.39 is 21.8 Å². The third-order valence-electron chi connectivity index (χ3n) is 2.99. The van der Waals surface area contributed by atoms with Gasteiger partial charge in [-0.2, -0.15) is 0 Å². The Morgan fingerprint density at radius 2 is 1.62 bits per heavy atom. The molecule has 110 valence electrons. The number of hydrogen-bond donors (Lipinski definition) is 2. The SMILES string of the molecule is CS(=O)(=O)c1ccccc1NC(=O)[C@H](N)c1ccccc1. The molecule has 0 saturated carbocycles. The molecule has 0 aliphatic heterocycles. The third-order valence-corrected chi connectivity index (χ3v) is 4.14. The predicted molar refractivity (Wildman–Crippen MR) is 81.6 cm³/mol. The molecule has 0 heterocycles. The van der Waals surface area contributed by atoms with E-state index in [4.69, 9.17) is 5.73 Å². The normalized spacial score (nSPS) is 12.7. The molecule has 2 aromatic carbocycles. The highest BCUT2D eigenvalue weighted by atomic mass is 32.2. The lowest BCUT2D eigenvalue weighted by atomic mass is 10.1. The van der Waals surface area contributed by atoms with Gasteiger partial charge in [-0.05, 0) is 17.7 Å². The van der Waals surface area contributed by atoms with Crippen molar-refractivity contribution in [3.63, 3.8) is 0 Å². The summed E-state index contributed by atoms with van der Waals surface area (Å²) in [6.45, 7) is 0. The van der Waals surface area contributed by atoms with Crippen LogP contribution < -0.4 is 11.1 Å². The minimum atomic E-state index is -3.42. The first-order chi connectivity index (χ1) is 9.89. The molecule has 2 aromatic rings. The van der Waals surface area contributed by atoms with Crippen LogP contribution in [0.4, 0.5) is 5.69 Å². The maximum Gasteiger partial charge on any atom is 0.245 e. The zero-order valence-electron chi connectivity index (χ0n) is 11.5. The zero-order chi connectivity index (χ0) is 15.5. The lowest BCUT2D eigenvalue weighted by Crippen LogP contribution is -2.28. The van der Waals surface area contributed by atoms with Crippen LogP contribution in [-0.4, -0.2) is 20.6 Å². The van der Waals surface area contributed by atoms with Gasteiger partial charge in [-0.3, -0.25) is 4.79 Å². The van der Waals surface area contributed by atoms with Gasteiger partial charge in [-0.1, -0.05) is 42.5 Å². The fraction of sp³-hybridized carbons (Fsp3) is 0.133. The van der Waals surface area contributed by atoms with E-state index in [0.717, 1.165) is 6.26 Å². The molecule has 1 amide bonds. The molecule has 2 rings (SSSR count). The Bertz CT molecular complexity index is 743. The van der Waals surface area contributed by atoms with Gasteiger partial charge in [0, 0.05) is 6.26 Å². The second-order valence-corrected chi connectivity index (χ2v) is 6.63. The van der Waals surface area contributed by atoms with Gasteiger partial charge < -0.3 is 11.1 Å². The van der Waals surface area contributed by atoms with Crippen molar-refractivity contribution in [2.75, 3.05) is 11.6 Å². The zero-order valence-corrected chi connectivity index (χ0v) is 12.3. The van der Waals surface area contributed by atoms with E-state index in [0.29, 0.717) is 5.56 Å². The van der Waals surface area contributed by atoms with Crippen LogP contribution in [0.3, 0.4) is 0 Å². The Labute approximate surface area is 123 Å². The molecule has 0 bridgehead atoms. The molecule has 0 spiro atoms. The number of para-hydroxylation sites is 1. The second-order valence-electron chi connectivity index (χ2n) is 4.65. The molecule has 0 fully saturated rings. The third kappa shape index (κ3) is 3.68. The molecular formula is C15H16N2O3S. The number of nitrogens with two attached hydrogens (primary N) is 1. The monoisotopic (exact) mass is 304 g/mol. The van der Waals surface area contributed by atoms with E-state index in [-0.39, 0.29) is 10.6 Å². The summed E-state index contributed by atoms with van der Waals surface area (Å²) in [5, 5.41) is 2.57. The molecule has 5 nitrogen and oxygen atoms in total. The average Bonchev–Trinajstić information content (AvgIpc) is 2.47. The summed E-state index contributed by atoms with van der Waals surface area (Å²) in [6.07, 6.45) is 1.09. The Morgan fingerprint density at radius 3 is 2.24 bits per heavy atom. The van der Waals surface area contributed by atoms with Crippen LogP contribution in [0.25, 0.3) is 0 Å². The number of nitrogens with one attached hydrogen (secondary N) is 1. The number of carbonyl (C=O) groups is 1. The van der Waals surface area contributed by atoms with Crippen molar-refractivity contribution in [2.45, 2.75) is 10.9 Å². The standard InChI is InChI=1S/C15H16N2O3S/c1-21(19,20)13-10-6-5-9-12(13)17-15(18)14(16)11-7-3-2-4-8-11/h2-10,14H,16H2,1H3,(H,17,18)/t14-/m1/s1. The van der Waals surface area contributed by atoms with Crippen molar-refractivity contribution in [2.24, 2.45) is 5.73 Å². The first-order valence-electron chi connectivity index (χ1n) is 6.30. The maximum absolute atomic E-state index is 12.2. The first-order valence-corrected chi connectivity index (χ1v) is 8.19. The van der Waals surface area contributed by atoms with Crippen molar-refractivity contribution in [1.82, 2.24) is 0 Å². The fourth-order valence-electron chi connectivity index (χ4n) is 1.92. The van der Waals surface area contributed by atoms with Gasteiger partial charge in [-0.15, -0.1) is 0 Å². The van der Waals surface area contributed by atoms with Crippen LogP contribution >= 0.6 is 0 Å². The van der Waals surface area contributed by atoms with E-state index >= 15 is 0 Å². The molecule has 0 aliphatic carbocycles. The number of sulfone groups is 1. The van der Waals surface area contributed by atoms with E-state index in [1.807, 2.05) is 6.07 Å². The fourth-order valence-corrected chi connectivity index (χ4v) is 2.76. The quantitative estimate of drug-likeness (QED) is 0.900. The predicted octanol–water partition coefficient (Wildman–Crippen LogP) is 1.73. The largest absolute Gasteiger partial charge is 0.323 e.